The van der Waals surface area contributed by atoms with Crippen LogP contribution in [0.15, 0.2) is 48.9 Å². The van der Waals surface area contributed by atoms with E-state index in [0.29, 0.717) is 12.8 Å². The quantitative estimate of drug-likeness (QED) is 0.651. The van der Waals surface area contributed by atoms with E-state index in [-0.39, 0.29) is 17.9 Å². The number of likely N-dealkylation sites (N-methyl/N-ethyl adjacent to an activating group) is 1. The van der Waals surface area contributed by atoms with E-state index in [0.717, 1.165) is 22.9 Å². The fourth-order valence-corrected chi connectivity index (χ4v) is 3.30. The predicted octanol–water partition coefficient (Wildman–Crippen LogP) is 2.16. The predicted molar refractivity (Wildman–Crippen MR) is 103 cm³/mol. The van der Waals surface area contributed by atoms with Crippen molar-refractivity contribution in [2.45, 2.75) is 25.3 Å². The van der Waals surface area contributed by atoms with Crippen LogP contribution in [0.3, 0.4) is 0 Å². The first-order valence-corrected chi connectivity index (χ1v) is 8.79. The van der Waals surface area contributed by atoms with E-state index in [1.54, 1.807) is 12.4 Å². The molecule has 1 aromatic carbocycles. The van der Waals surface area contributed by atoms with Crippen LogP contribution in [-0.2, 0) is 17.6 Å². The molecule has 0 spiro atoms. The number of aromatic nitrogens is 3. The molecule has 0 bridgehead atoms. The zero-order chi connectivity index (χ0) is 18.5. The number of aromatic amines is 1. The van der Waals surface area contributed by atoms with Gasteiger partial charge in [-0.3, -0.25) is 14.9 Å². The third kappa shape index (κ3) is 4.46. The average molecular weight is 351 g/mol. The summed E-state index contributed by atoms with van der Waals surface area (Å²) in [4.78, 5) is 18.3. The van der Waals surface area contributed by atoms with E-state index in [9.17, 15) is 4.79 Å². The van der Waals surface area contributed by atoms with E-state index < -0.39 is 0 Å². The molecule has 1 unspecified atom stereocenters. The summed E-state index contributed by atoms with van der Waals surface area (Å²) in [6.45, 7) is 0. The van der Waals surface area contributed by atoms with Crippen molar-refractivity contribution >= 4 is 16.8 Å². The zero-order valence-corrected chi connectivity index (χ0v) is 15.2. The fourth-order valence-electron chi connectivity index (χ4n) is 3.30. The van der Waals surface area contributed by atoms with Crippen molar-refractivity contribution in [1.29, 1.82) is 0 Å². The van der Waals surface area contributed by atoms with Gasteiger partial charge in [-0.1, -0.05) is 12.1 Å². The molecule has 0 aliphatic heterocycles. The van der Waals surface area contributed by atoms with Crippen LogP contribution in [0.5, 0.6) is 0 Å². The lowest BCUT2D eigenvalue weighted by Crippen LogP contribution is -2.36. The molecular formula is C20H25N5O. The minimum absolute atomic E-state index is 0.216. The lowest BCUT2D eigenvalue weighted by Gasteiger charge is -2.27. The first kappa shape index (κ1) is 18.1. The molecule has 3 N–H and O–H groups in total. The number of hydrogen-bond acceptors (Lipinski definition) is 4. The molecule has 6 heteroatoms. The van der Waals surface area contributed by atoms with Crippen LogP contribution in [0.4, 0.5) is 0 Å². The van der Waals surface area contributed by atoms with E-state index in [2.05, 4.69) is 32.2 Å². The number of nitrogens with two attached hydrogens (primary N) is 1. The topological polar surface area (TPSA) is 87.9 Å². The number of carbonyl (C=O) groups is 1. The maximum absolute atomic E-state index is 12.0. The van der Waals surface area contributed by atoms with Crippen molar-refractivity contribution in [3.63, 3.8) is 0 Å². The van der Waals surface area contributed by atoms with E-state index in [1.807, 2.05) is 38.5 Å². The molecule has 136 valence electrons. The van der Waals surface area contributed by atoms with Gasteiger partial charge in [0.05, 0.1) is 11.7 Å². The number of benzene rings is 1. The number of nitrogens with zero attached hydrogens (tertiary/aromatic N) is 3. The number of H-pyrrole nitrogens is 1. The molecule has 1 amide bonds. The number of nitrogens with one attached hydrogen (secondary N) is 1. The number of primary amides is 1. The van der Waals surface area contributed by atoms with Crippen LogP contribution in [0.25, 0.3) is 10.9 Å². The Balaban J connectivity index is 1.74. The van der Waals surface area contributed by atoms with E-state index >= 15 is 0 Å². The summed E-state index contributed by atoms with van der Waals surface area (Å²) in [6, 6.07) is 10.4. The molecule has 0 fully saturated rings. The number of carbonyl (C=O) groups excluding carboxylic acids is 1. The summed E-state index contributed by atoms with van der Waals surface area (Å²) in [7, 11) is 4.09. The molecule has 2 aromatic heterocycles. The van der Waals surface area contributed by atoms with Gasteiger partial charge < -0.3 is 10.6 Å². The van der Waals surface area contributed by atoms with Crippen LogP contribution in [0.2, 0.25) is 0 Å². The summed E-state index contributed by atoms with van der Waals surface area (Å²) >= 11 is 0. The Kier molecular flexibility index (Phi) is 5.63. The lowest BCUT2D eigenvalue weighted by atomic mass is 9.89. The van der Waals surface area contributed by atoms with Gasteiger partial charge in [0.25, 0.3) is 0 Å². The second-order valence-corrected chi connectivity index (χ2v) is 7.01. The third-order valence-electron chi connectivity index (χ3n) is 4.87. The average Bonchev–Trinajstić information content (AvgIpc) is 3.08. The Hall–Kier alpha value is -2.73. The van der Waals surface area contributed by atoms with Crippen molar-refractivity contribution in [3.05, 3.63) is 60.0 Å². The highest BCUT2D eigenvalue weighted by Crippen LogP contribution is 2.21. The Labute approximate surface area is 153 Å². The first-order valence-electron chi connectivity index (χ1n) is 8.79. The lowest BCUT2D eigenvalue weighted by molar-refractivity contribution is -0.122. The minimum atomic E-state index is -0.258. The smallest absolute Gasteiger partial charge is 0.220 e. The van der Waals surface area contributed by atoms with Crippen LogP contribution in [0, 0.1) is 5.92 Å². The van der Waals surface area contributed by atoms with Gasteiger partial charge in [0.1, 0.15) is 0 Å². The van der Waals surface area contributed by atoms with Crippen molar-refractivity contribution in [3.8, 4) is 0 Å². The number of fused-ring (bicyclic) bond motifs is 1. The molecule has 0 aliphatic carbocycles. The second kappa shape index (κ2) is 8.10. The van der Waals surface area contributed by atoms with Crippen molar-refractivity contribution in [1.82, 2.24) is 20.1 Å². The van der Waals surface area contributed by atoms with E-state index in [1.165, 1.54) is 5.56 Å². The van der Waals surface area contributed by atoms with Gasteiger partial charge >= 0.3 is 0 Å². The van der Waals surface area contributed by atoms with Gasteiger partial charge in [-0.2, -0.15) is 5.10 Å². The van der Waals surface area contributed by atoms with Crippen molar-refractivity contribution in [2.75, 3.05) is 14.1 Å². The maximum Gasteiger partial charge on any atom is 0.220 e. The molecular weight excluding hydrogens is 326 g/mol. The first-order chi connectivity index (χ1) is 12.5. The largest absolute Gasteiger partial charge is 0.369 e. The summed E-state index contributed by atoms with van der Waals surface area (Å²) in [5.74, 6) is -0.477. The Morgan fingerprint density at radius 2 is 2.04 bits per heavy atom. The normalized spacial score (nSPS) is 13.8. The number of rotatable bonds is 8. The Morgan fingerprint density at radius 1 is 1.19 bits per heavy atom. The van der Waals surface area contributed by atoms with Crippen molar-refractivity contribution in [2.24, 2.45) is 11.7 Å². The summed E-state index contributed by atoms with van der Waals surface area (Å²) in [5, 5.41) is 8.14. The van der Waals surface area contributed by atoms with Gasteiger partial charge in [0, 0.05) is 29.7 Å². The monoisotopic (exact) mass is 351 g/mol. The summed E-state index contributed by atoms with van der Waals surface area (Å²) < 4.78 is 0. The minimum Gasteiger partial charge on any atom is -0.369 e. The molecule has 2 heterocycles. The van der Waals surface area contributed by atoms with Gasteiger partial charge in [-0.15, -0.1) is 0 Å². The molecule has 26 heavy (non-hydrogen) atoms. The maximum atomic E-state index is 12.0. The Bertz CT molecular complexity index is 859. The fraction of sp³-hybridized carbons (Fsp3) is 0.350. The molecule has 3 aromatic rings. The molecule has 0 saturated heterocycles. The standard InChI is InChI=1S/C20H25N5O/c1-25(2)18(10-14-5-6-19-17(8-14)13-23-24-19)11-16(20(21)26)9-15-4-3-7-22-12-15/h3-8,12-13,16,18H,9-11H2,1-2H3,(H2,21,26)(H,23,24)/t16?,18-/m1/s1. The van der Waals surface area contributed by atoms with Crippen LogP contribution >= 0.6 is 0 Å². The van der Waals surface area contributed by atoms with Gasteiger partial charge in [-0.05, 0) is 62.7 Å². The summed E-state index contributed by atoms with van der Waals surface area (Å²) in [6.07, 6.45) is 7.54. The number of pyridine rings is 1. The van der Waals surface area contributed by atoms with Crippen molar-refractivity contribution < 1.29 is 4.79 Å². The molecule has 0 saturated carbocycles. The third-order valence-corrected chi connectivity index (χ3v) is 4.87. The Morgan fingerprint density at radius 3 is 2.73 bits per heavy atom. The van der Waals surface area contributed by atoms with Crippen LogP contribution in [0.1, 0.15) is 17.5 Å². The second-order valence-electron chi connectivity index (χ2n) is 7.01. The van der Waals surface area contributed by atoms with Gasteiger partial charge in [0.2, 0.25) is 5.91 Å². The van der Waals surface area contributed by atoms with Crippen LogP contribution < -0.4 is 5.73 Å². The highest BCUT2D eigenvalue weighted by molar-refractivity contribution is 5.78. The number of amides is 1. The van der Waals surface area contributed by atoms with Crippen LogP contribution in [-0.4, -0.2) is 46.1 Å². The molecule has 0 radical (unpaired) electrons. The molecule has 0 aliphatic rings. The van der Waals surface area contributed by atoms with Gasteiger partial charge in [0.15, 0.2) is 0 Å². The summed E-state index contributed by atoms with van der Waals surface area (Å²) in [5.41, 5.74) is 8.99. The molecule has 2 atom stereocenters. The highest BCUT2D eigenvalue weighted by Gasteiger charge is 2.23. The molecule has 3 rings (SSSR count). The number of hydrogen-bond donors (Lipinski definition) is 2. The zero-order valence-electron chi connectivity index (χ0n) is 15.2. The highest BCUT2D eigenvalue weighted by atomic mass is 16.1. The van der Waals surface area contributed by atoms with Gasteiger partial charge in [-0.25, -0.2) is 0 Å². The van der Waals surface area contributed by atoms with E-state index in [4.69, 9.17) is 5.73 Å². The SMILES string of the molecule is CN(C)[C@H](Cc1ccc2[nH]ncc2c1)CC(Cc1cccnc1)C(N)=O. The molecule has 6 nitrogen and oxygen atoms in total.